The number of imide groups is 1. The van der Waals surface area contributed by atoms with Gasteiger partial charge in [-0.3, -0.25) is 19.3 Å². The summed E-state index contributed by atoms with van der Waals surface area (Å²) < 4.78 is 5.78. The Balaban J connectivity index is 1.20. The molecular weight excluding hydrogens is 524 g/mol. The highest BCUT2D eigenvalue weighted by Crippen LogP contribution is 2.55. The lowest BCUT2D eigenvalue weighted by molar-refractivity contribution is -0.123. The van der Waals surface area contributed by atoms with E-state index in [9.17, 15) is 19.2 Å². The Labute approximate surface area is 209 Å². The minimum Gasteiger partial charge on any atom is -0.452 e. The van der Waals surface area contributed by atoms with Crippen molar-refractivity contribution in [1.29, 1.82) is 0 Å². The molecule has 0 unspecified atom stereocenters. The van der Waals surface area contributed by atoms with Crippen LogP contribution >= 0.6 is 27.5 Å². The number of carbonyl (C=O) groups excluding carboxylic acids is 4. The van der Waals surface area contributed by atoms with Crippen LogP contribution in [0.1, 0.15) is 23.7 Å². The van der Waals surface area contributed by atoms with Crippen LogP contribution in [0.5, 0.6) is 0 Å². The molecule has 0 aromatic heterocycles. The average Bonchev–Trinajstić information content (AvgIpc) is 3.45. The van der Waals surface area contributed by atoms with Gasteiger partial charge in [-0.15, -0.1) is 0 Å². The fourth-order valence-electron chi connectivity index (χ4n) is 5.26. The summed E-state index contributed by atoms with van der Waals surface area (Å²) in [5, 5.41) is 3.04. The zero-order valence-electron chi connectivity index (χ0n) is 18.1. The van der Waals surface area contributed by atoms with Gasteiger partial charge in [0.1, 0.15) is 0 Å². The first-order valence-electron chi connectivity index (χ1n) is 10.8. The van der Waals surface area contributed by atoms with E-state index < -0.39 is 18.5 Å². The first-order valence-corrected chi connectivity index (χ1v) is 12.0. The molecule has 3 aliphatic rings. The summed E-state index contributed by atoms with van der Waals surface area (Å²) in [6.07, 6.45) is 3.00. The lowest BCUT2D eigenvalue weighted by atomic mass is 9.82. The lowest BCUT2D eigenvalue weighted by Crippen LogP contribution is -2.33. The van der Waals surface area contributed by atoms with Crippen molar-refractivity contribution >= 4 is 62.6 Å². The van der Waals surface area contributed by atoms with E-state index in [-0.39, 0.29) is 41.0 Å². The molecule has 5 rings (SSSR count). The van der Waals surface area contributed by atoms with Crippen LogP contribution in [0.3, 0.4) is 0 Å². The Kier molecular flexibility index (Phi) is 5.81. The summed E-state index contributed by atoms with van der Waals surface area (Å²) in [6.45, 7) is 1.55. The number of esters is 1. The topological polar surface area (TPSA) is 92.8 Å². The first kappa shape index (κ1) is 22.8. The molecular formula is C25H20BrClN2O5. The lowest BCUT2D eigenvalue weighted by Gasteiger charge is -2.19. The zero-order valence-corrected chi connectivity index (χ0v) is 20.4. The maximum absolute atomic E-state index is 13.1. The Hall–Kier alpha value is -2.97. The maximum atomic E-state index is 13.1. The van der Waals surface area contributed by atoms with Crippen LogP contribution < -0.4 is 10.2 Å². The van der Waals surface area contributed by atoms with Gasteiger partial charge in [-0.05, 0) is 83.6 Å². The molecule has 1 heterocycles. The quantitative estimate of drug-likeness (QED) is 0.338. The van der Waals surface area contributed by atoms with Crippen molar-refractivity contribution in [3.63, 3.8) is 0 Å². The molecule has 3 amide bonds. The molecule has 2 bridgehead atoms. The molecule has 174 valence electrons. The second-order valence-electron chi connectivity index (χ2n) is 8.78. The SMILES string of the molecule is CC1=C[C@H]2C[C@H]1[C@H]1C(=O)N(c3ccc(C(=O)OCC(=O)Nc4ccc(Br)c(Cl)c4)cc3)C(=O)[C@@H]12. The van der Waals surface area contributed by atoms with Gasteiger partial charge in [-0.2, -0.15) is 0 Å². The summed E-state index contributed by atoms with van der Waals surface area (Å²) in [5.74, 6) is -1.85. The number of rotatable bonds is 5. The standard InChI is InChI=1S/C25H20BrClN2O5/c1-12-8-14-9-17(12)22-21(14)23(31)29(24(22)32)16-5-2-13(3-6-16)25(33)34-11-20(30)28-15-4-7-18(26)19(27)10-15/h2-8,10,14,17,21-22H,9,11H2,1H3,(H,28,30)/t14-,17+,21+,22+/m0/s1. The Morgan fingerprint density at radius 3 is 2.53 bits per heavy atom. The predicted molar refractivity (Wildman–Crippen MR) is 129 cm³/mol. The van der Waals surface area contributed by atoms with E-state index in [0.29, 0.717) is 20.9 Å². The van der Waals surface area contributed by atoms with Crippen molar-refractivity contribution in [2.24, 2.45) is 23.7 Å². The van der Waals surface area contributed by atoms with E-state index in [1.807, 2.05) is 6.92 Å². The summed E-state index contributed by atoms with van der Waals surface area (Å²) in [5.41, 5.74) is 2.31. The fourth-order valence-corrected chi connectivity index (χ4v) is 5.69. The van der Waals surface area contributed by atoms with E-state index in [2.05, 4.69) is 27.3 Å². The van der Waals surface area contributed by atoms with Crippen molar-refractivity contribution in [3.8, 4) is 0 Å². The van der Waals surface area contributed by atoms with Gasteiger partial charge in [0.25, 0.3) is 5.91 Å². The molecule has 0 radical (unpaired) electrons. The number of benzene rings is 2. The third-order valence-electron chi connectivity index (χ3n) is 6.78. The molecule has 1 aliphatic heterocycles. The molecule has 34 heavy (non-hydrogen) atoms. The largest absolute Gasteiger partial charge is 0.452 e. The highest BCUT2D eigenvalue weighted by Gasteiger charge is 2.60. The van der Waals surface area contributed by atoms with E-state index in [4.69, 9.17) is 16.3 Å². The minimum atomic E-state index is -0.690. The first-order chi connectivity index (χ1) is 16.2. The molecule has 9 heteroatoms. The van der Waals surface area contributed by atoms with Gasteiger partial charge in [-0.25, -0.2) is 4.79 Å². The van der Waals surface area contributed by atoms with Gasteiger partial charge < -0.3 is 10.1 Å². The van der Waals surface area contributed by atoms with Gasteiger partial charge in [0.15, 0.2) is 6.61 Å². The monoisotopic (exact) mass is 542 g/mol. The van der Waals surface area contributed by atoms with Crippen LogP contribution in [-0.4, -0.2) is 30.3 Å². The molecule has 0 spiro atoms. The van der Waals surface area contributed by atoms with Crippen molar-refractivity contribution < 1.29 is 23.9 Å². The number of hydrogen-bond donors (Lipinski definition) is 1. The number of allylic oxidation sites excluding steroid dienone is 2. The van der Waals surface area contributed by atoms with Gasteiger partial charge in [-0.1, -0.05) is 23.3 Å². The summed E-state index contributed by atoms with van der Waals surface area (Å²) in [4.78, 5) is 51.8. The average molecular weight is 544 g/mol. The Morgan fingerprint density at radius 2 is 1.82 bits per heavy atom. The summed E-state index contributed by atoms with van der Waals surface area (Å²) in [6, 6.07) is 11.0. The van der Waals surface area contributed by atoms with Gasteiger partial charge in [0.05, 0.1) is 28.1 Å². The minimum absolute atomic E-state index is 0.130. The van der Waals surface area contributed by atoms with Crippen molar-refractivity contribution in [1.82, 2.24) is 0 Å². The van der Waals surface area contributed by atoms with Crippen molar-refractivity contribution in [2.75, 3.05) is 16.8 Å². The van der Waals surface area contributed by atoms with Crippen molar-refractivity contribution in [2.45, 2.75) is 13.3 Å². The molecule has 2 fully saturated rings. The number of nitrogens with one attached hydrogen (secondary N) is 1. The van der Waals surface area contributed by atoms with Gasteiger partial charge in [0.2, 0.25) is 11.8 Å². The zero-order chi connectivity index (χ0) is 24.1. The van der Waals surface area contributed by atoms with Crippen LogP contribution in [0, 0.1) is 23.7 Å². The highest BCUT2D eigenvalue weighted by atomic mass is 79.9. The molecule has 7 nitrogen and oxygen atoms in total. The van der Waals surface area contributed by atoms with E-state index >= 15 is 0 Å². The van der Waals surface area contributed by atoms with Gasteiger partial charge in [0, 0.05) is 10.2 Å². The number of halogens is 2. The van der Waals surface area contributed by atoms with Crippen LogP contribution in [0.4, 0.5) is 11.4 Å². The number of anilines is 2. The number of amides is 3. The van der Waals surface area contributed by atoms with Crippen LogP contribution in [0.2, 0.25) is 5.02 Å². The number of nitrogens with zero attached hydrogens (tertiary/aromatic N) is 1. The summed E-state index contributed by atoms with van der Waals surface area (Å²) >= 11 is 9.27. The molecule has 4 atom stereocenters. The van der Waals surface area contributed by atoms with E-state index in [1.165, 1.54) is 22.6 Å². The third-order valence-corrected chi connectivity index (χ3v) is 8.01. The molecule has 2 aromatic rings. The van der Waals surface area contributed by atoms with E-state index in [0.717, 1.165) is 6.42 Å². The number of fused-ring (bicyclic) bond motifs is 5. The third kappa shape index (κ3) is 3.84. The maximum Gasteiger partial charge on any atom is 0.338 e. The second kappa shape index (κ2) is 8.67. The predicted octanol–water partition coefficient (Wildman–Crippen LogP) is 4.60. The van der Waals surface area contributed by atoms with E-state index in [1.54, 1.807) is 30.3 Å². The Morgan fingerprint density at radius 1 is 1.12 bits per heavy atom. The van der Waals surface area contributed by atoms with Crippen LogP contribution in [-0.2, 0) is 19.1 Å². The molecule has 2 aliphatic carbocycles. The smallest absolute Gasteiger partial charge is 0.338 e. The highest BCUT2D eigenvalue weighted by molar-refractivity contribution is 9.10. The second-order valence-corrected chi connectivity index (χ2v) is 10.0. The molecule has 2 aromatic carbocycles. The van der Waals surface area contributed by atoms with Crippen molar-refractivity contribution in [3.05, 3.63) is 69.2 Å². The normalized spacial score (nSPS) is 24.8. The van der Waals surface area contributed by atoms with Crippen LogP contribution in [0.25, 0.3) is 0 Å². The Bertz CT molecular complexity index is 1260. The molecule has 1 saturated carbocycles. The summed E-state index contributed by atoms with van der Waals surface area (Å²) in [7, 11) is 0. The molecule has 1 N–H and O–H groups in total. The fraction of sp³-hybridized carbons (Fsp3) is 0.280. The van der Waals surface area contributed by atoms with Crippen LogP contribution in [0.15, 0.2) is 58.6 Å². The number of carbonyl (C=O) groups is 4. The molecule has 1 saturated heterocycles. The number of ether oxygens (including phenoxy) is 1. The number of hydrogen-bond acceptors (Lipinski definition) is 5. The van der Waals surface area contributed by atoms with Gasteiger partial charge >= 0.3 is 5.97 Å².